The van der Waals surface area contributed by atoms with Crippen LogP contribution >= 0.6 is 0 Å². The highest BCUT2D eigenvalue weighted by Gasteiger charge is 2.18. The van der Waals surface area contributed by atoms with Crippen LogP contribution in [0.15, 0.2) is 53.4 Å². The Morgan fingerprint density at radius 2 is 1.42 bits per heavy atom. The Labute approximate surface area is 113 Å². The van der Waals surface area contributed by atoms with Gasteiger partial charge in [0.05, 0.1) is 4.90 Å². The summed E-state index contributed by atoms with van der Waals surface area (Å²) in [6.45, 7) is 1.77. The summed E-state index contributed by atoms with van der Waals surface area (Å²) in [5, 5.41) is 0. The van der Waals surface area contributed by atoms with E-state index in [4.69, 9.17) is 0 Å². The first kappa shape index (κ1) is 12.2. The number of nitrogens with zero attached hydrogens (tertiary/aromatic N) is 1. The third-order valence-electron chi connectivity index (χ3n) is 3.47. The Balaban J connectivity index is 1.86. The third-order valence-corrected chi connectivity index (χ3v) is 4.60. The van der Waals surface area contributed by atoms with Gasteiger partial charge in [0.15, 0.2) is 9.84 Å². The van der Waals surface area contributed by atoms with Crippen molar-refractivity contribution in [3.8, 4) is 0 Å². The monoisotopic (exact) mass is 273 g/mol. The predicted octanol–water partition coefficient (Wildman–Crippen LogP) is 2.61. The Morgan fingerprint density at radius 1 is 0.895 bits per heavy atom. The fourth-order valence-corrected chi connectivity index (χ4v) is 3.05. The summed E-state index contributed by atoms with van der Waals surface area (Å²) in [6.07, 6.45) is 1.23. The quantitative estimate of drug-likeness (QED) is 0.844. The van der Waals surface area contributed by atoms with E-state index < -0.39 is 9.84 Å². The summed E-state index contributed by atoms with van der Waals surface area (Å²) in [6, 6.07) is 15.5. The van der Waals surface area contributed by atoms with Crippen LogP contribution in [0.4, 0.5) is 5.69 Å². The number of hydrogen-bond acceptors (Lipinski definition) is 3. The molecule has 0 N–H and O–H groups in total. The van der Waals surface area contributed by atoms with Crippen molar-refractivity contribution in [1.29, 1.82) is 0 Å². The molecule has 1 heterocycles. The zero-order valence-electron chi connectivity index (χ0n) is 10.7. The molecule has 3 rings (SSSR count). The minimum absolute atomic E-state index is 0.368. The van der Waals surface area contributed by atoms with Gasteiger partial charge in [-0.05, 0) is 35.4 Å². The van der Waals surface area contributed by atoms with Gasteiger partial charge in [0.1, 0.15) is 0 Å². The standard InChI is InChI=1S/C15H15NO2S/c1-19(17,18)15-8-6-14(7-9-15)16-10-12-4-2-3-5-13(12)11-16/h2-9H,10-11H2,1H3. The molecule has 0 bridgehead atoms. The SMILES string of the molecule is CS(=O)(=O)c1ccc(N2Cc3ccccc3C2)cc1. The lowest BCUT2D eigenvalue weighted by molar-refractivity contribution is 0.602. The first-order valence-corrected chi connectivity index (χ1v) is 8.05. The van der Waals surface area contributed by atoms with Gasteiger partial charge in [-0.2, -0.15) is 0 Å². The van der Waals surface area contributed by atoms with E-state index in [1.54, 1.807) is 12.1 Å². The van der Waals surface area contributed by atoms with Gasteiger partial charge in [-0.3, -0.25) is 0 Å². The molecular formula is C15H15NO2S. The fraction of sp³-hybridized carbons (Fsp3) is 0.200. The maximum Gasteiger partial charge on any atom is 0.175 e. The van der Waals surface area contributed by atoms with Gasteiger partial charge in [-0.1, -0.05) is 24.3 Å². The Bertz CT molecular complexity index is 680. The lowest BCUT2D eigenvalue weighted by atomic mass is 10.1. The topological polar surface area (TPSA) is 37.4 Å². The molecule has 0 saturated carbocycles. The first-order chi connectivity index (χ1) is 9.04. The molecule has 4 heteroatoms. The number of rotatable bonds is 2. The van der Waals surface area contributed by atoms with Crippen molar-refractivity contribution < 1.29 is 8.42 Å². The van der Waals surface area contributed by atoms with Crippen LogP contribution in [-0.4, -0.2) is 14.7 Å². The van der Waals surface area contributed by atoms with E-state index in [0.717, 1.165) is 18.8 Å². The first-order valence-electron chi connectivity index (χ1n) is 6.16. The van der Waals surface area contributed by atoms with Crippen LogP contribution in [0.3, 0.4) is 0 Å². The van der Waals surface area contributed by atoms with Gasteiger partial charge in [-0.25, -0.2) is 8.42 Å². The molecule has 1 aliphatic rings. The molecule has 0 radical (unpaired) electrons. The zero-order valence-corrected chi connectivity index (χ0v) is 11.5. The lowest BCUT2D eigenvalue weighted by Gasteiger charge is -2.17. The van der Waals surface area contributed by atoms with E-state index in [1.807, 2.05) is 12.1 Å². The zero-order chi connectivity index (χ0) is 13.5. The molecule has 0 spiro atoms. The fourth-order valence-electron chi connectivity index (χ4n) is 2.42. The highest BCUT2D eigenvalue weighted by atomic mass is 32.2. The van der Waals surface area contributed by atoms with Crippen LogP contribution in [0.2, 0.25) is 0 Å². The molecule has 0 aromatic heterocycles. The van der Waals surface area contributed by atoms with Gasteiger partial charge in [0.25, 0.3) is 0 Å². The average molecular weight is 273 g/mol. The second-order valence-electron chi connectivity index (χ2n) is 4.89. The molecule has 0 atom stereocenters. The molecule has 19 heavy (non-hydrogen) atoms. The van der Waals surface area contributed by atoms with Gasteiger partial charge in [-0.15, -0.1) is 0 Å². The van der Waals surface area contributed by atoms with Crippen LogP contribution in [0.5, 0.6) is 0 Å². The van der Waals surface area contributed by atoms with Crippen molar-refractivity contribution in [2.45, 2.75) is 18.0 Å². The Morgan fingerprint density at radius 3 is 1.89 bits per heavy atom. The highest BCUT2D eigenvalue weighted by molar-refractivity contribution is 7.90. The van der Waals surface area contributed by atoms with E-state index in [2.05, 4.69) is 29.2 Å². The number of hydrogen-bond donors (Lipinski definition) is 0. The normalized spacial score (nSPS) is 14.5. The van der Waals surface area contributed by atoms with Gasteiger partial charge in [0.2, 0.25) is 0 Å². The molecule has 0 aliphatic carbocycles. The minimum atomic E-state index is -3.12. The molecular weight excluding hydrogens is 258 g/mol. The van der Waals surface area contributed by atoms with Crippen LogP contribution < -0.4 is 4.90 Å². The minimum Gasteiger partial charge on any atom is -0.363 e. The van der Waals surface area contributed by atoms with Crippen LogP contribution in [0.1, 0.15) is 11.1 Å². The smallest absolute Gasteiger partial charge is 0.175 e. The van der Waals surface area contributed by atoms with Gasteiger partial charge < -0.3 is 4.90 Å². The highest BCUT2D eigenvalue weighted by Crippen LogP contribution is 2.28. The van der Waals surface area contributed by atoms with Crippen LogP contribution in [0, 0.1) is 0 Å². The maximum absolute atomic E-state index is 11.4. The van der Waals surface area contributed by atoms with Crippen molar-refractivity contribution in [3.05, 3.63) is 59.7 Å². The van der Waals surface area contributed by atoms with Crippen molar-refractivity contribution >= 4 is 15.5 Å². The van der Waals surface area contributed by atoms with Crippen LogP contribution in [0.25, 0.3) is 0 Å². The van der Waals surface area contributed by atoms with E-state index in [1.165, 1.54) is 17.4 Å². The van der Waals surface area contributed by atoms with Crippen molar-refractivity contribution in [2.75, 3.05) is 11.2 Å². The molecule has 0 amide bonds. The molecule has 0 fully saturated rings. The summed E-state index contributed by atoms with van der Waals surface area (Å²) >= 11 is 0. The molecule has 2 aromatic carbocycles. The Hall–Kier alpha value is -1.81. The molecule has 98 valence electrons. The van der Waals surface area contributed by atoms with E-state index in [9.17, 15) is 8.42 Å². The molecule has 0 unspecified atom stereocenters. The van der Waals surface area contributed by atoms with Crippen molar-refractivity contribution in [2.24, 2.45) is 0 Å². The predicted molar refractivity (Wildman–Crippen MR) is 75.9 cm³/mol. The Kier molecular flexibility index (Phi) is 2.82. The summed E-state index contributed by atoms with van der Waals surface area (Å²) in [5.41, 5.74) is 3.74. The number of anilines is 1. The lowest BCUT2D eigenvalue weighted by Crippen LogP contribution is -2.14. The third kappa shape index (κ3) is 2.36. The average Bonchev–Trinajstić information content (AvgIpc) is 2.81. The number of fused-ring (bicyclic) bond motifs is 1. The summed E-state index contributed by atoms with van der Waals surface area (Å²) in [7, 11) is -3.12. The number of benzene rings is 2. The van der Waals surface area contributed by atoms with E-state index >= 15 is 0 Å². The van der Waals surface area contributed by atoms with E-state index in [0.29, 0.717) is 4.90 Å². The number of sulfone groups is 1. The largest absolute Gasteiger partial charge is 0.363 e. The van der Waals surface area contributed by atoms with Crippen molar-refractivity contribution in [3.63, 3.8) is 0 Å². The maximum atomic E-state index is 11.4. The summed E-state index contributed by atoms with van der Waals surface area (Å²) in [4.78, 5) is 2.62. The molecule has 1 aliphatic heterocycles. The van der Waals surface area contributed by atoms with Crippen LogP contribution in [-0.2, 0) is 22.9 Å². The molecule has 3 nitrogen and oxygen atoms in total. The summed E-state index contributed by atoms with van der Waals surface area (Å²) < 4.78 is 22.9. The summed E-state index contributed by atoms with van der Waals surface area (Å²) in [5.74, 6) is 0. The van der Waals surface area contributed by atoms with E-state index in [-0.39, 0.29) is 0 Å². The molecule has 0 saturated heterocycles. The molecule has 2 aromatic rings. The van der Waals surface area contributed by atoms with Gasteiger partial charge >= 0.3 is 0 Å². The second-order valence-corrected chi connectivity index (χ2v) is 6.91. The second kappa shape index (κ2) is 4.38. The van der Waals surface area contributed by atoms with Crippen molar-refractivity contribution in [1.82, 2.24) is 0 Å². The van der Waals surface area contributed by atoms with Gasteiger partial charge in [0, 0.05) is 25.0 Å².